The van der Waals surface area contributed by atoms with Crippen LogP contribution in [0.4, 0.5) is 21.0 Å². The fourth-order valence-corrected chi connectivity index (χ4v) is 4.40. The third-order valence-corrected chi connectivity index (χ3v) is 6.67. The molecule has 220 valence electrons. The zero-order valence-corrected chi connectivity index (χ0v) is 23.1. The van der Waals surface area contributed by atoms with Gasteiger partial charge in [-0.05, 0) is 49.1 Å². The van der Waals surface area contributed by atoms with Crippen LogP contribution in [0.5, 0.6) is 5.75 Å². The molecule has 2 aromatic rings. The molecule has 13 heteroatoms. The normalized spacial score (nSPS) is 13.9. The molecule has 1 aliphatic rings. The van der Waals surface area contributed by atoms with Crippen molar-refractivity contribution in [3.05, 3.63) is 53.6 Å². The van der Waals surface area contributed by atoms with Crippen molar-refractivity contribution in [3.8, 4) is 5.75 Å². The Balaban J connectivity index is 1.51. The lowest BCUT2D eigenvalue weighted by Gasteiger charge is -2.24. The molecule has 1 aliphatic heterocycles. The minimum absolute atomic E-state index is 0.0804. The Hall–Kier alpha value is -4.81. The van der Waals surface area contributed by atoms with Gasteiger partial charge < -0.3 is 41.3 Å². The van der Waals surface area contributed by atoms with Gasteiger partial charge in [0.2, 0.25) is 11.8 Å². The summed E-state index contributed by atoms with van der Waals surface area (Å²) in [5.74, 6) is -1.81. The van der Waals surface area contributed by atoms with Crippen LogP contribution in [0.3, 0.4) is 0 Å². The number of methoxy groups -OCH3 is 1. The van der Waals surface area contributed by atoms with Gasteiger partial charge in [-0.1, -0.05) is 24.3 Å². The van der Waals surface area contributed by atoms with Crippen LogP contribution >= 0.6 is 0 Å². The molecule has 1 saturated heterocycles. The van der Waals surface area contributed by atoms with Gasteiger partial charge in [0, 0.05) is 38.3 Å². The molecular formula is C28H36N6O7. The Morgan fingerprint density at radius 2 is 1.66 bits per heavy atom. The van der Waals surface area contributed by atoms with Crippen LogP contribution in [0.15, 0.2) is 42.5 Å². The first-order valence-corrected chi connectivity index (χ1v) is 13.2. The van der Waals surface area contributed by atoms with E-state index in [0.717, 1.165) is 11.1 Å². The molecule has 6 N–H and O–H groups in total. The Labute approximate surface area is 238 Å². The number of hydrogen-bond donors (Lipinski definition) is 5. The van der Waals surface area contributed by atoms with Crippen molar-refractivity contribution in [1.29, 1.82) is 0 Å². The average Bonchev–Trinajstić information content (AvgIpc) is 3.19. The molecule has 3 rings (SSSR count). The van der Waals surface area contributed by atoms with Crippen LogP contribution in [0.1, 0.15) is 30.4 Å². The number of benzene rings is 2. The second kappa shape index (κ2) is 14.5. The van der Waals surface area contributed by atoms with Crippen molar-refractivity contribution in [2.45, 2.75) is 38.6 Å². The number of ether oxygens (including phenoxy) is 1. The lowest BCUT2D eigenvalue weighted by molar-refractivity contribution is -0.141. The number of primary amides is 1. The SMILES string of the molecule is COc1cc(CCC(=O)N2CCCN(C(=O)NC(CC(N)=O)C(=O)O)CC2)ccc1NC(=O)Nc1ccccc1C. The van der Waals surface area contributed by atoms with Gasteiger partial charge in [-0.15, -0.1) is 0 Å². The molecule has 0 aliphatic carbocycles. The molecule has 41 heavy (non-hydrogen) atoms. The van der Waals surface area contributed by atoms with Crippen LogP contribution in [0.2, 0.25) is 0 Å². The molecule has 0 saturated carbocycles. The van der Waals surface area contributed by atoms with E-state index >= 15 is 0 Å². The highest BCUT2D eigenvalue weighted by atomic mass is 16.5. The molecule has 1 heterocycles. The summed E-state index contributed by atoms with van der Waals surface area (Å²) in [4.78, 5) is 63.5. The summed E-state index contributed by atoms with van der Waals surface area (Å²) in [5.41, 5.74) is 8.04. The predicted molar refractivity (Wildman–Crippen MR) is 152 cm³/mol. The largest absolute Gasteiger partial charge is 0.495 e. The van der Waals surface area contributed by atoms with Gasteiger partial charge in [0.1, 0.15) is 11.8 Å². The number of para-hydroxylation sites is 1. The smallest absolute Gasteiger partial charge is 0.326 e. The molecule has 2 aromatic carbocycles. The van der Waals surface area contributed by atoms with E-state index in [-0.39, 0.29) is 18.9 Å². The maximum Gasteiger partial charge on any atom is 0.326 e. The summed E-state index contributed by atoms with van der Waals surface area (Å²) in [6, 6.07) is 10.3. The molecule has 0 bridgehead atoms. The Morgan fingerprint density at radius 1 is 0.976 bits per heavy atom. The van der Waals surface area contributed by atoms with Crippen LogP contribution in [0, 0.1) is 6.92 Å². The first kappa shape index (κ1) is 30.7. The molecule has 1 atom stereocenters. The number of carbonyl (C=O) groups is 5. The first-order valence-electron chi connectivity index (χ1n) is 13.2. The molecule has 0 aromatic heterocycles. The van der Waals surface area contributed by atoms with Gasteiger partial charge in [0.15, 0.2) is 0 Å². The van der Waals surface area contributed by atoms with Crippen molar-refractivity contribution < 1.29 is 33.8 Å². The number of amides is 6. The number of nitrogens with one attached hydrogen (secondary N) is 3. The van der Waals surface area contributed by atoms with Crippen LogP contribution in [-0.4, -0.2) is 84.1 Å². The topological polar surface area (TPSA) is 183 Å². The van der Waals surface area contributed by atoms with Gasteiger partial charge in [0.25, 0.3) is 0 Å². The van der Waals surface area contributed by atoms with Gasteiger partial charge in [-0.3, -0.25) is 9.59 Å². The van der Waals surface area contributed by atoms with Crippen LogP contribution in [0.25, 0.3) is 0 Å². The summed E-state index contributed by atoms with van der Waals surface area (Å²) >= 11 is 0. The van der Waals surface area contributed by atoms with E-state index in [9.17, 15) is 29.1 Å². The van der Waals surface area contributed by atoms with E-state index in [0.29, 0.717) is 49.6 Å². The maximum absolute atomic E-state index is 12.9. The third kappa shape index (κ3) is 9.12. The van der Waals surface area contributed by atoms with Crippen LogP contribution < -0.4 is 26.4 Å². The number of carboxylic acids is 1. The van der Waals surface area contributed by atoms with E-state index in [1.165, 1.54) is 12.0 Å². The summed E-state index contributed by atoms with van der Waals surface area (Å²) in [6.45, 7) is 3.20. The molecule has 13 nitrogen and oxygen atoms in total. The van der Waals surface area contributed by atoms with Crippen molar-refractivity contribution in [2.75, 3.05) is 43.9 Å². The Kier molecular flexibility index (Phi) is 10.9. The van der Waals surface area contributed by atoms with E-state index in [2.05, 4.69) is 16.0 Å². The number of nitrogens with zero attached hydrogens (tertiary/aromatic N) is 2. The molecule has 1 unspecified atom stereocenters. The van der Waals surface area contributed by atoms with E-state index in [4.69, 9.17) is 10.5 Å². The minimum atomic E-state index is -1.41. The third-order valence-electron chi connectivity index (χ3n) is 6.67. The highest BCUT2D eigenvalue weighted by molar-refractivity contribution is 6.01. The zero-order chi connectivity index (χ0) is 29.9. The molecular weight excluding hydrogens is 532 g/mol. The minimum Gasteiger partial charge on any atom is -0.495 e. The zero-order valence-electron chi connectivity index (χ0n) is 23.1. The van der Waals surface area contributed by atoms with E-state index in [1.54, 1.807) is 17.0 Å². The number of aryl methyl sites for hydroxylation is 2. The Bertz CT molecular complexity index is 1280. The monoisotopic (exact) mass is 568 g/mol. The summed E-state index contributed by atoms with van der Waals surface area (Å²) < 4.78 is 5.45. The standard InChI is InChI=1S/C28H36N6O7/c1-18-6-3-4-7-20(18)30-27(39)31-21-10-8-19(16-23(21)41-2)9-11-25(36)33-12-5-13-34(15-14-33)28(40)32-22(26(37)38)17-24(29)35/h3-4,6-8,10,16,22H,5,9,11-15,17H2,1-2H3,(H2,29,35)(H,32,40)(H,37,38)(H2,30,31,39). The molecule has 6 amide bonds. The quantitative estimate of drug-likeness (QED) is 0.291. The molecule has 0 radical (unpaired) electrons. The van der Waals surface area contributed by atoms with E-state index in [1.807, 2.05) is 37.3 Å². The molecule has 1 fully saturated rings. The van der Waals surface area contributed by atoms with Crippen molar-refractivity contribution in [3.63, 3.8) is 0 Å². The second-order valence-electron chi connectivity index (χ2n) is 9.66. The number of anilines is 2. The van der Waals surface area contributed by atoms with Crippen molar-refractivity contribution in [1.82, 2.24) is 15.1 Å². The Morgan fingerprint density at radius 3 is 2.34 bits per heavy atom. The number of urea groups is 2. The second-order valence-corrected chi connectivity index (χ2v) is 9.66. The summed E-state index contributed by atoms with van der Waals surface area (Å²) in [7, 11) is 1.50. The highest BCUT2D eigenvalue weighted by Gasteiger charge is 2.27. The number of hydrogen-bond acceptors (Lipinski definition) is 6. The lowest BCUT2D eigenvalue weighted by atomic mass is 10.1. The fraction of sp³-hybridized carbons (Fsp3) is 0.393. The number of carboxylic acid groups (broad SMARTS) is 1. The summed E-state index contributed by atoms with van der Waals surface area (Å²) in [6.07, 6.45) is 0.683. The number of carbonyl (C=O) groups excluding carboxylic acids is 4. The van der Waals surface area contributed by atoms with Gasteiger partial charge >= 0.3 is 18.0 Å². The van der Waals surface area contributed by atoms with Crippen molar-refractivity contribution >= 4 is 41.2 Å². The van der Waals surface area contributed by atoms with Gasteiger partial charge in [-0.2, -0.15) is 0 Å². The van der Waals surface area contributed by atoms with Crippen molar-refractivity contribution in [2.24, 2.45) is 5.73 Å². The van der Waals surface area contributed by atoms with Gasteiger partial charge in [-0.25, -0.2) is 14.4 Å². The molecule has 0 spiro atoms. The fourth-order valence-electron chi connectivity index (χ4n) is 4.40. The van der Waals surface area contributed by atoms with Gasteiger partial charge in [0.05, 0.1) is 19.2 Å². The average molecular weight is 569 g/mol. The summed E-state index contributed by atoms with van der Waals surface area (Å²) in [5, 5.41) is 17.1. The highest BCUT2D eigenvalue weighted by Crippen LogP contribution is 2.27. The lowest BCUT2D eigenvalue weighted by Crippen LogP contribution is -2.50. The predicted octanol–water partition coefficient (Wildman–Crippen LogP) is 2.15. The number of aliphatic carboxylic acids is 1. The maximum atomic E-state index is 12.9. The number of rotatable bonds is 10. The first-order chi connectivity index (χ1) is 19.6. The number of nitrogens with two attached hydrogens (primary N) is 1. The van der Waals surface area contributed by atoms with E-state index < -0.39 is 36.4 Å². The van der Waals surface area contributed by atoms with Crippen LogP contribution in [-0.2, 0) is 20.8 Å².